The van der Waals surface area contributed by atoms with Crippen molar-refractivity contribution in [2.45, 2.75) is 39.2 Å². The Bertz CT molecular complexity index is 423. The topological polar surface area (TPSA) is 55.5 Å². The Hall–Kier alpha value is -1.22. The van der Waals surface area contributed by atoms with Crippen molar-refractivity contribution >= 4 is 5.69 Å². The fourth-order valence-electron chi connectivity index (χ4n) is 3.52. The van der Waals surface area contributed by atoms with Crippen molar-refractivity contribution in [1.29, 1.82) is 0 Å². The van der Waals surface area contributed by atoms with Crippen molar-refractivity contribution in [3.63, 3.8) is 0 Å². The minimum Gasteiger partial charge on any atom is -0.495 e. The minimum atomic E-state index is -0.486. The molecule has 0 radical (unpaired) electrons. The zero-order valence-corrected chi connectivity index (χ0v) is 12.1. The van der Waals surface area contributed by atoms with Gasteiger partial charge in [0, 0.05) is 5.56 Å². The third-order valence-electron chi connectivity index (χ3n) is 4.30. The van der Waals surface area contributed by atoms with Crippen molar-refractivity contribution in [1.82, 2.24) is 0 Å². The number of hydrogen-bond donors (Lipinski definition) is 2. The number of methoxy groups -OCH3 is 1. The van der Waals surface area contributed by atoms with Gasteiger partial charge in [0.2, 0.25) is 0 Å². The summed E-state index contributed by atoms with van der Waals surface area (Å²) >= 11 is 0. The molecule has 0 bridgehead atoms. The van der Waals surface area contributed by atoms with E-state index in [1.54, 1.807) is 7.11 Å². The molecule has 0 aromatic heterocycles. The van der Waals surface area contributed by atoms with Gasteiger partial charge >= 0.3 is 0 Å². The Balaban J connectivity index is 2.21. The van der Waals surface area contributed by atoms with Crippen LogP contribution in [0.1, 0.15) is 44.8 Å². The monoisotopic (exact) mass is 263 g/mol. The summed E-state index contributed by atoms with van der Waals surface area (Å²) in [5.41, 5.74) is 7.47. The lowest BCUT2D eigenvalue weighted by Gasteiger charge is -2.34. The highest BCUT2D eigenvalue weighted by atomic mass is 16.5. The molecule has 0 heterocycles. The lowest BCUT2D eigenvalue weighted by Crippen LogP contribution is -2.25. The van der Waals surface area contributed by atoms with Crippen molar-refractivity contribution in [2.75, 3.05) is 12.8 Å². The van der Waals surface area contributed by atoms with Crippen molar-refractivity contribution in [3.8, 4) is 5.75 Å². The third-order valence-corrected chi connectivity index (χ3v) is 4.30. The van der Waals surface area contributed by atoms with Crippen LogP contribution in [0, 0.1) is 17.8 Å². The Morgan fingerprint density at radius 1 is 1.21 bits per heavy atom. The van der Waals surface area contributed by atoms with Crippen LogP contribution in [0.25, 0.3) is 0 Å². The van der Waals surface area contributed by atoms with E-state index in [0.717, 1.165) is 18.4 Å². The molecule has 106 valence electrons. The van der Waals surface area contributed by atoms with E-state index in [0.29, 0.717) is 29.2 Å². The van der Waals surface area contributed by atoms with E-state index < -0.39 is 6.10 Å². The summed E-state index contributed by atoms with van der Waals surface area (Å²) in [5.74, 6) is 2.30. The van der Waals surface area contributed by atoms with Crippen LogP contribution >= 0.6 is 0 Å². The fraction of sp³-hybridized carbons (Fsp3) is 0.625. The predicted octanol–water partition coefficient (Wildman–Crippen LogP) is 3.38. The maximum absolute atomic E-state index is 10.6. The molecular formula is C16H25NO2. The molecule has 1 aromatic rings. The lowest BCUT2D eigenvalue weighted by molar-refractivity contribution is 0.0555. The molecule has 1 aliphatic rings. The number of aliphatic hydroxyl groups is 1. The molecule has 3 nitrogen and oxygen atoms in total. The number of nitrogens with two attached hydrogens (primary N) is 1. The first kappa shape index (κ1) is 14.2. The van der Waals surface area contributed by atoms with Gasteiger partial charge in [-0.05, 0) is 43.1 Å². The average molecular weight is 263 g/mol. The highest BCUT2D eigenvalue weighted by Crippen LogP contribution is 2.42. The summed E-state index contributed by atoms with van der Waals surface area (Å²) in [6, 6.07) is 5.63. The maximum Gasteiger partial charge on any atom is 0.142 e. The molecule has 1 fully saturated rings. The second-order valence-corrected chi connectivity index (χ2v) is 6.09. The van der Waals surface area contributed by atoms with E-state index in [1.807, 2.05) is 18.2 Å². The highest BCUT2D eigenvalue weighted by Gasteiger charge is 2.31. The van der Waals surface area contributed by atoms with Gasteiger partial charge in [-0.1, -0.05) is 26.0 Å². The van der Waals surface area contributed by atoms with Gasteiger partial charge in [0.15, 0.2) is 0 Å². The number of benzene rings is 1. The van der Waals surface area contributed by atoms with E-state index in [1.165, 1.54) is 6.42 Å². The molecule has 0 amide bonds. The lowest BCUT2D eigenvalue weighted by atomic mass is 9.73. The molecule has 2 rings (SSSR count). The molecule has 0 saturated heterocycles. The van der Waals surface area contributed by atoms with E-state index in [9.17, 15) is 5.11 Å². The van der Waals surface area contributed by atoms with Crippen LogP contribution in [-0.2, 0) is 0 Å². The Morgan fingerprint density at radius 3 is 2.42 bits per heavy atom. The molecule has 0 spiro atoms. The van der Waals surface area contributed by atoms with E-state index >= 15 is 0 Å². The molecule has 1 aromatic carbocycles. The van der Waals surface area contributed by atoms with E-state index in [2.05, 4.69) is 13.8 Å². The summed E-state index contributed by atoms with van der Waals surface area (Å²) in [5, 5.41) is 10.6. The van der Waals surface area contributed by atoms with E-state index in [-0.39, 0.29) is 0 Å². The van der Waals surface area contributed by atoms with Gasteiger partial charge in [-0.25, -0.2) is 0 Å². The maximum atomic E-state index is 10.6. The largest absolute Gasteiger partial charge is 0.495 e. The first-order chi connectivity index (χ1) is 9.02. The zero-order valence-electron chi connectivity index (χ0n) is 12.1. The average Bonchev–Trinajstić information content (AvgIpc) is 2.37. The van der Waals surface area contributed by atoms with Crippen LogP contribution in [0.15, 0.2) is 18.2 Å². The van der Waals surface area contributed by atoms with Crippen LogP contribution in [0.4, 0.5) is 5.69 Å². The van der Waals surface area contributed by atoms with E-state index in [4.69, 9.17) is 10.5 Å². The Labute approximate surface area is 115 Å². The number of nitrogen functional groups attached to an aromatic ring is 1. The molecule has 3 atom stereocenters. The van der Waals surface area contributed by atoms with Gasteiger partial charge in [0.05, 0.1) is 18.9 Å². The fourth-order valence-corrected chi connectivity index (χ4v) is 3.52. The third kappa shape index (κ3) is 3.03. The van der Waals surface area contributed by atoms with Crippen molar-refractivity contribution < 1.29 is 9.84 Å². The van der Waals surface area contributed by atoms with Gasteiger partial charge in [-0.15, -0.1) is 0 Å². The van der Waals surface area contributed by atoms with Gasteiger partial charge < -0.3 is 15.6 Å². The Kier molecular flexibility index (Phi) is 4.35. The molecule has 3 unspecified atom stereocenters. The Morgan fingerprint density at radius 2 is 1.84 bits per heavy atom. The molecule has 3 N–H and O–H groups in total. The quantitative estimate of drug-likeness (QED) is 0.822. The number of para-hydroxylation sites is 1. The first-order valence-electron chi connectivity index (χ1n) is 7.13. The van der Waals surface area contributed by atoms with Gasteiger partial charge in [0.25, 0.3) is 0 Å². The molecular weight excluding hydrogens is 238 g/mol. The van der Waals surface area contributed by atoms with Gasteiger partial charge in [-0.3, -0.25) is 0 Å². The molecule has 3 heteroatoms. The summed E-state index contributed by atoms with van der Waals surface area (Å²) < 4.78 is 5.23. The summed E-state index contributed by atoms with van der Waals surface area (Å²) in [6.07, 6.45) is 2.92. The van der Waals surface area contributed by atoms with Gasteiger partial charge in [0.1, 0.15) is 5.75 Å². The molecule has 1 saturated carbocycles. The van der Waals surface area contributed by atoms with Crippen LogP contribution in [-0.4, -0.2) is 12.2 Å². The zero-order chi connectivity index (χ0) is 14.0. The summed E-state index contributed by atoms with van der Waals surface area (Å²) in [4.78, 5) is 0. The normalized spacial score (nSPS) is 28.9. The molecule has 19 heavy (non-hydrogen) atoms. The van der Waals surface area contributed by atoms with Crippen LogP contribution < -0.4 is 10.5 Å². The highest BCUT2D eigenvalue weighted by molar-refractivity contribution is 5.59. The number of rotatable bonds is 3. The molecule has 1 aliphatic carbocycles. The van der Waals surface area contributed by atoms with Crippen LogP contribution in [0.3, 0.4) is 0 Å². The van der Waals surface area contributed by atoms with Crippen LogP contribution in [0.5, 0.6) is 5.75 Å². The SMILES string of the molecule is COc1cccc(C(O)C2CC(C)CC(C)C2)c1N. The minimum absolute atomic E-state index is 0.299. The second kappa shape index (κ2) is 5.83. The van der Waals surface area contributed by atoms with Gasteiger partial charge in [-0.2, -0.15) is 0 Å². The van der Waals surface area contributed by atoms with Crippen molar-refractivity contribution in [3.05, 3.63) is 23.8 Å². The number of anilines is 1. The number of hydrogen-bond acceptors (Lipinski definition) is 3. The predicted molar refractivity (Wildman–Crippen MR) is 78.0 cm³/mol. The van der Waals surface area contributed by atoms with Crippen molar-refractivity contribution in [2.24, 2.45) is 17.8 Å². The standard InChI is InChI=1S/C16H25NO2/c1-10-7-11(2)9-12(8-10)16(18)13-5-4-6-14(19-3)15(13)17/h4-6,10-12,16,18H,7-9,17H2,1-3H3. The number of aliphatic hydroxyl groups excluding tert-OH is 1. The summed E-state index contributed by atoms with van der Waals surface area (Å²) in [6.45, 7) is 4.54. The van der Waals surface area contributed by atoms with Crippen LogP contribution in [0.2, 0.25) is 0 Å². The number of ether oxygens (including phenoxy) is 1. The second-order valence-electron chi connectivity index (χ2n) is 6.09. The smallest absolute Gasteiger partial charge is 0.142 e. The first-order valence-corrected chi connectivity index (χ1v) is 7.13. The summed E-state index contributed by atoms with van der Waals surface area (Å²) in [7, 11) is 1.60. The molecule has 0 aliphatic heterocycles.